The summed E-state index contributed by atoms with van der Waals surface area (Å²) in [5.41, 5.74) is 2.65. The van der Waals surface area contributed by atoms with E-state index in [1.165, 1.54) is 0 Å². The van der Waals surface area contributed by atoms with E-state index in [0.29, 0.717) is 39.8 Å². The molecule has 8 nitrogen and oxygen atoms in total. The van der Waals surface area contributed by atoms with E-state index >= 15 is 0 Å². The van der Waals surface area contributed by atoms with Crippen LogP contribution in [0, 0.1) is 5.41 Å². The fourth-order valence-corrected chi connectivity index (χ4v) is 4.17. The van der Waals surface area contributed by atoms with Crippen LogP contribution >= 0.6 is 11.6 Å². The van der Waals surface area contributed by atoms with Gasteiger partial charge in [-0.05, 0) is 42.0 Å². The highest BCUT2D eigenvalue weighted by Crippen LogP contribution is 2.34. The molecule has 4 aromatic rings. The van der Waals surface area contributed by atoms with Gasteiger partial charge in [0.05, 0.1) is 31.1 Å². The first-order chi connectivity index (χ1) is 16.4. The van der Waals surface area contributed by atoms with Crippen molar-refractivity contribution < 1.29 is 9.47 Å². The lowest BCUT2D eigenvalue weighted by Gasteiger charge is -2.37. The molecule has 0 N–H and O–H groups in total. The molecule has 1 aliphatic rings. The number of anilines is 1. The largest absolute Gasteiger partial charge is 0.497 e. The highest BCUT2D eigenvalue weighted by atomic mass is 35.5. The summed E-state index contributed by atoms with van der Waals surface area (Å²) in [6.07, 6.45) is 7.21. The van der Waals surface area contributed by atoms with E-state index in [0.717, 1.165) is 43.1 Å². The molecule has 176 valence electrons. The number of nitrogens with zero attached hydrogens (tertiary/aromatic N) is 6. The summed E-state index contributed by atoms with van der Waals surface area (Å²) in [7, 11) is 1.65. The van der Waals surface area contributed by atoms with Crippen molar-refractivity contribution in [3.05, 3.63) is 59.5 Å². The van der Waals surface area contributed by atoms with E-state index in [9.17, 15) is 0 Å². The van der Waals surface area contributed by atoms with E-state index in [2.05, 4.69) is 23.7 Å². The quantitative estimate of drug-likeness (QED) is 0.369. The Balaban J connectivity index is 1.52. The summed E-state index contributed by atoms with van der Waals surface area (Å²) in [5.74, 6) is 2.42. The average molecular weight is 479 g/mol. The molecule has 9 heteroatoms. The Labute approximate surface area is 203 Å². The van der Waals surface area contributed by atoms with Gasteiger partial charge in [0, 0.05) is 19.3 Å². The number of benzene rings is 1. The molecule has 0 aliphatic carbocycles. The fraction of sp³-hybridized carbons (Fsp3) is 0.360. The van der Waals surface area contributed by atoms with Gasteiger partial charge in [0.15, 0.2) is 16.9 Å². The maximum absolute atomic E-state index is 6.29. The Morgan fingerprint density at radius 3 is 2.53 bits per heavy atom. The first-order valence-corrected chi connectivity index (χ1v) is 11.7. The smallest absolute Gasteiger partial charge is 0.267 e. The van der Waals surface area contributed by atoms with Crippen LogP contribution in [0.15, 0.2) is 48.9 Å². The Morgan fingerprint density at radius 1 is 1.06 bits per heavy atom. The summed E-state index contributed by atoms with van der Waals surface area (Å²) in [5, 5.41) is 5.16. The predicted molar refractivity (Wildman–Crippen MR) is 132 cm³/mol. The second kappa shape index (κ2) is 9.10. The number of hydrogen-bond donors (Lipinski definition) is 0. The maximum atomic E-state index is 6.29. The normalized spacial score (nSPS) is 15.5. The van der Waals surface area contributed by atoms with Crippen LogP contribution < -0.4 is 14.4 Å². The lowest BCUT2D eigenvalue weighted by Crippen LogP contribution is -2.37. The van der Waals surface area contributed by atoms with Crippen LogP contribution in [0.5, 0.6) is 17.4 Å². The van der Waals surface area contributed by atoms with E-state index in [1.54, 1.807) is 31.8 Å². The van der Waals surface area contributed by atoms with Crippen molar-refractivity contribution in [3.8, 4) is 17.4 Å². The van der Waals surface area contributed by atoms with Crippen molar-refractivity contribution >= 4 is 28.6 Å². The molecule has 0 amide bonds. The van der Waals surface area contributed by atoms with Crippen LogP contribution in [-0.4, -0.2) is 44.9 Å². The van der Waals surface area contributed by atoms with Crippen LogP contribution in [0.1, 0.15) is 32.3 Å². The van der Waals surface area contributed by atoms with E-state index in [1.807, 2.05) is 28.9 Å². The molecule has 3 aromatic heterocycles. The number of piperidine rings is 1. The molecule has 4 heterocycles. The van der Waals surface area contributed by atoms with Gasteiger partial charge in [-0.1, -0.05) is 37.6 Å². The molecule has 34 heavy (non-hydrogen) atoms. The van der Waals surface area contributed by atoms with Gasteiger partial charge >= 0.3 is 0 Å². The highest BCUT2D eigenvalue weighted by Gasteiger charge is 2.27. The molecule has 1 saturated heterocycles. The number of methoxy groups -OCH3 is 1. The third-order valence-electron chi connectivity index (χ3n) is 6.27. The first kappa shape index (κ1) is 22.4. The minimum absolute atomic E-state index is 0.345. The van der Waals surface area contributed by atoms with Gasteiger partial charge in [-0.3, -0.25) is 4.98 Å². The summed E-state index contributed by atoms with van der Waals surface area (Å²) in [6.45, 7) is 7.05. The number of fused-ring (bicyclic) bond motifs is 1. The molecule has 0 spiro atoms. The van der Waals surface area contributed by atoms with Gasteiger partial charge in [0.25, 0.3) is 5.88 Å². The number of rotatable bonds is 6. The highest BCUT2D eigenvalue weighted by molar-refractivity contribution is 6.32. The maximum Gasteiger partial charge on any atom is 0.267 e. The molecule has 5 rings (SSSR count). The summed E-state index contributed by atoms with van der Waals surface area (Å²) < 4.78 is 13.1. The third kappa shape index (κ3) is 4.63. The average Bonchev–Trinajstić information content (AvgIpc) is 3.17. The van der Waals surface area contributed by atoms with Crippen molar-refractivity contribution in [1.82, 2.24) is 24.7 Å². The Morgan fingerprint density at radius 2 is 1.82 bits per heavy atom. The molecule has 1 aromatic carbocycles. The van der Waals surface area contributed by atoms with Crippen LogP contribution in [-0.2, 0) is 6.54 Å². The number of halogens is 1. The SMILES string of the molecule is COc1ccc(Cn2nc(Oc3cnccc3Cl)c3ncc(N4CCC(C)(C)CC4)nc32)cc1. The molecule has 0 radical (unpaired) electrons. The zero-order valence-electron chi connectivity index (χ0n) is 19.5. The van der Waals surface area contributed by atoms with E-state index < -0.39 is 0 Å². The lowest BCUT2D eigenvalue weighted by atomic mass is 9.83. The topological polar surface area (TPSA) is 78.2 Å². The Hall–Kier alpha value is -3.39. The molecular weight excluding hydrogens is 452 g/mol. The Bertz CT molecular complexity index is 1290. The minimum Gasteiger partial charge on any atom is -0.497 e. The van der Waals surface area contributed by atoms with E-state index in [-0.39, 0.29) is 0 Å². The second-order valence-corrected chi connectivity index (χ2v) is 9.68. The lowest BCUT2D eigenvalue weighted by molar-refractivity contribution is 0.279. The standard InChI is InChI=1S/C25H27ClN6O2/c1-25(2)9-12-31(13-10-25)21-15-28-22-23(29-21)32(16-17-4-6-18(33-3)7-5-17)30-24(22)34-20-14-27-11-8-19(20)26/h4-8,11,14-15H,9-10,12-13,16H2,1-3H3. The zero-order valence-corrected chi connectivity index (χ0v) is 20.3. The minimum atomic E-state index is 0.345. The van der Waals surface area contributed by atoms with Crippen LogP contribution in [0.4, 0.5) is 5.82 Å². The number of aromatic nitrogens is 5. The summed E-state index contributed by atoms with van der Waals surface area (Å²) in [4.78, 5) is 16.1. The number of hydrogen-bond acceptors (Lipinski definition) is 7. The molecule has 0 bridgehead atoms. The molecule has 1 aliphatic heterocycles. The van der Waals surface area contributed by atoms with Gasteiger partial charge in [-0.25, -0.2) is 14.6 Å². The van der Waals surface area contributed by atoms with Crippen molar-refractivity contribution in [2.24, 2.45) is 5.41 Å². The van der Waals surface area contributed by atoms with Crippen molar-refractivity contribution in [3.63, 3.8) is 0 Å². The van der Waals surface area contributed by atoms with Crippen LogP contribution in [0.3, 0.4) is 0 Å². The van der Waals surface area contributed by atoms with Crippen molar-refractivity contribution in [2.45, 2.75) is 33.2 Å². The summed E-state index contributed by atoms with van der Waals surface area (Å²) >= 11 is 6.29. The van der Waals surface area contributed by atoms with Gasteiger partial charge < -0.3 is 14.4 Å². The Kier molecular flexibility index (Phi) is 6.00. The fourth-order valence-electron chi connectivity index (χ4n) is 4.02. The monoisotopic (exact) mass is 478 g/mol. The van der Waals surface area contributed by atoms with Gasteiger partial charge in [0.2, 0.25) is 0 Å². The molecule has 0 atom stereocenters. The van der Waals surface area contributed by atoms with Crippen LogP contribution in [0.25, 0.3) is 11.2 Å². The molecular formula is C25H27ClN6O2. The predicted octanol–water partition coefficient (Wildman–Crippen LogP) is 5.35. The van der Waals surface area contributed by atoms with Gasteiger partial charge in [-0.2, -0.15) is 0 Å². The summed E-state index contributed by atoms with van der Waals surface area (Å²) in [6, 6.07) is 9.56. The van der Waals surface area contributed by atoms with Gasteiger partial charge in [0.1, 0.15) is 11.6 Å². The molecule has 0 unspecified atom stereocenters. The van der Waals surface area contributed by atoms with Crippen molar-refractivity contribution in [1.29, 1.82) is 0 Å². The zero-order chi connectivity index (χ0) is 23.7. The van der Waals surface area contributed by atoms with E-state index in [4.69, 9.17) is 36.1 Å². The second-order valence-electron chi connectivity index (χ2n) is 9.27. The first-order valence-electron chi connectivity index (χ1n) is 11.3. The van der Waals surface area contributed by atoms with Gasteiger partial charge in [-0.15, -0.1) is 5.10 Å². The van der Waals surface area contributed by atoms with Crippen molar-refractivity contribution in [2.75, 3.05) is 25.1 Å². The van der Waals surface area contributed by atoms with Crippen LogP contribution in [0.2, 0.25) is 5.02 Å². The third-order valence-corrected chi connectivity index (χ3v) is 6.59. The number of ether oxygens (including phenoxy) is 2. The number of pyridine rings is 1. The molecule has 0 saturated carbocycles. The molecule has 1 fully saturated rings.